The molecule has 1 aromatic heterocycles. The number of hydrogen-bond donors (Lipinski definition) is 2. The fourth-order valence-electron chi connectivity index (χ4n) is 5.20. The molecule has 2 amide bonds. The van der Waals surface area contributed by atoms with Crippen LogP contribution in [0.1, 0.15) is 31.4 Å². The number of aromatic nitrogens is 1. The van der Waals surface area contributed by atoms with Crippen LogP contribution in [0.3, 0.4) is 0 Å². The summed E-state index contributed by atoms with van der Waals surface area (Å²) in [5, 5.41) is 12.9. The molecule has 1 fully saturated rings. The fourth-order valence-corrected chi connectivity index (χ4v) is 5.20. The van der Waals surface area contributed by atoms with E-state index in [0.29, 0.717) is 50.7 Å². The van der Waals surface area contributed by atoms with Crippen molar-refractivity contribution in [2.45, 2.75) is 45.4 Å². The van der Waals surface area contributed by atoms with Crippen molar-refractivity contribution in [3.63, 3.8) is 0 Å². The van der Waals surface area contributed by atoms with Crippen molar-refractivity contribution in [3.05, 3.63) is 53.9 Å². The monoisotopic (exact) mass is 553 g/mol. The number of nitrogens with one attached hydrogen (secondary N) is 1. The van der Waals surface area contributed by atoms with E-state index in [1.807, 2.05) is 37.3 Å². The summed E-state index contributed by atoms with van der Waals surface area (Å²) in [5.74, 6) is 0.525. The maximum atomic E-state index is 13.4. The van der Waals surface area contributed by atoms with Crippen molar-refractivity contribution in [2.75, 3.05) is 64.9 Å². The molecule has 10 nitrogen and oxygen atoms in total. The quantitative estimate of drug-likeness (QED) is 0.460. The first kappa shape index (κ1) is 29.9. The second-order valence-electron chi connectivity index (χ2n) is 11.0. The Morgan fingerprint density at radius 3 is 2.70 bits per heavy atom. The topological polar surface area (TPSA) is 107 Å². The Balaban J connectivity index is 1.50. The molecule has 1 aromatic carbocycles. The average molecular weight is 554 g/mol. The highest BCUT2D eigenvalue weighted by Gasteiger charge is 2.31. The lowest BCUT2D eigenvalue weighted by Gasteiger charge is -2.34. The highest BCUT2D eigenvalue weighted by atomic mass is 16.5. The Labute approximate surface area is 237 Å². The Kier molecular flexibility index (Phi) is 10.9. The Bertz CT molecular complexity index is 1110. The van der Waals surface area contributed by atoms with Gasteiger partial charge in [0.15, 0.2) is 0 Å². The van der Waals surface area contributed by atoms with Crippen LogP contribution in [-0.4, -0.2) is 108 Å². The number of ether oxygens (including phenoxy) is 2. The van der Waals surface area contributed by atoms with Gasteiger partial charge in [-0.1, -0.05) is 6.92 Å². The number of benzene rings is 1. The molecule has 0 spiro atoms. The summed E-state index contributed by atoms with van der Waals surface area (Å²) in [6.07, 6.45) is 3.90. The number of rotatable bonds is 10. The van der Waals surface area contributed by atoms with Crippen molar-refractivity contribution >= 4 is 17.5 Å². The number of aliphatic hydroxyl groups is 1. The fraction of sp³-hybridized carbons (Fsp3) is 0.567. The largest absolute Gasteiger partial charge is 0.488 e. The predicted octanol–water partition coefficient (Wildman–Crippen LogP) is 2.02. The lowest BCUT2D eigenvalue weighted by molar-refractivity contribution is -0.134. The lowest BCUT2D eigenvalue weighted by Crippen LogP contribution is -2.47. The van der Waals surface area contributed by atoms with E-state index in [1.54, 1.807) is 17.3 Å². The van der Waals surface area contributed by atoms with Crippen LogP contribution in [0.5, 0.6) is 5.75 Å². The van der Waals surface area contributed by atoms with Crippen LogP contribution >= 0.6 is 0 Å². The summed E-state index contributed by atoms with van der Waals surface area (Å²) < 4.78 is 12.0. The maximum absolute atomic E-state index is 13.4. The normalized spacial score (nSPS) is 21.1. The smallest absolute Gasteiger partial charge is 0.227 e. The van der Waals surface area contributed by atoms with Gasteiger partial charge in [-0.3, -0.25) is 24.4 Å². The summed E-state index contributed by atoms with van der Waals surface area (Å²) >= 11 is 0. The van der Waals surface area contributed by atoms with E-state index in [0.717, 1.165) is 30.8 Å². The standard InChI is InChI=1S/C30H43N5O5/c1-22-18-35(23(2)21-36)30(38)17-25-16-26(32-29(37)8-11-34-12-14-39-15-13-34)4-5-27(25)40-28(22)20-33(3)19-24-6-9-31-10-7-24/h4-7,9-10,16,22-23,28,36H,8,11-15,17-21H2,1-3H3,(H,32,37)/t22-,23-,28-/m1/s1. The molecular weight excluding hydrogens is 510 g/mol. The molecular formula is C30H43N5O5. The minimum atomic E-state index is -0.310. The van der Waals surface area contributed by atoms with E-state index >= 15 is 0 Å². The third-order valence-corrected chi connectivity index (χ3v) is 7.65. The number of morpholine rings is 1. The van der Waals surface area contributed by atoms with Crippen LogP contribution in [0, 0.1) is 5.92 Å². The Morgan fingerprint density at radius 1 is 1.23 bits per heavy atom. The number of fused-ring (bicyclic) bond motifs is 1. The van der Waals surface area contributed by atoms with Gasteiger partial charge in [-0.25, -0.2) is 0 Å². The summed E-state index contributed by atoms with van der Waals surface area (Å²) in [7, 11) is 2.05. The number of carbonyl (C=O) groups excluding carboxylic acids is 2. The van der Waals surface area contributed by atoms with Crippen molar-refractivity contribution in [1.82, 2.24) is 19.7 Å². The molecule has 4 rings (SSSR count). The van der Waals surface area contributed by atoms with E-state index < -0.39 is 0 Å². The van der Waals surface area contributed by atoms with Crippen molar-refractivity contribution in [2.24, 2.45) is 5.92 Å². The number of carbonyl (C=O) groups is 2. The number of hydrogen-bond acceptors (Lipinski definition) is 8. The van der Waals surface area contributed by atoms with Gasteiger partial charge in [-0.05, 0) is 49.9 Å². The van der Waals surface area contributed by atoms with Crippen LogP contribution in [0.25, 0.3) is 0 Å². The number of aliphatic hydroxyl groups excluding tert-OH is 1. The third kappa shape index (κ3) is 8.47. The molecule has 0 bridgehead atoms. The first-order valence-corrected chi connectivity index (χ1v) is 14.2. The van der Waals surface area contributed by atoms with Gasteiger partial charge in [0, 0.05) is 75.3 Å². The van der Waals surface area contributed by atoms with Gasteiger partial charge in [0.2, 0.25) is 11.8 Å². The summed E-state index contributed by atoms with van der Waals surface area (Å²) in [4.78, 5) is 36.4. The SMILES string of the molecule is C[C@@H]1CN([C@H](C)CO)C(=O)Cc2cc(NC(=O)CCN3CCOCC3)ccc2O[C@@H]1CN(C)Cc1ccncc1. The molecule has 40 heavy (non-hydrogen) atoms. The molecule has 0 radical (unpaired) electrons. The second kappa shape index (κ2) is 14.5. The summed E-state index contributed by atoms with van der Waals surface area (Å²) in [6, 6.07) is 9.22. The van der Waals surface area contributed by atoms with Crippen LogP contribution in [0.2, 0.25) is 0 Å². The van der Waals surface area contributed by atoms with E-state index in [2.05, 4.69) is 34.1 Å². The number of likely N-dealkylation sites (N-methyl/N-ethyl adjacent to an activating group) is 1. The van der Waals surface area contributed by atoms with Crippen molar-refractivity contribution < 1.29 is 24.2 Å². The predicted molar refractivity (Wildman–Crippen MR) is 153 cm³/mol. The summed E-state index contributed by atoms with van der Waals surface area (Å²) in [6.45, 7) is 9.47. The van der Waals surface area contributed by atoms with Gasteiger partial charge in [-0.2, -0.15) is 0 Å². The van der Waals surface area contributed by atoms with E-state index in [-0.39, 0.29) is 42.9 Å². The highest BCUT2D eigenvalue weighted by Crippen LogP contribution is 2.29. The number of anilines is 1. The first-order chi connectivity index (χ1) is 19.3. The number of nitrogens with zero attached hydrogens (tertiary/aromatic N) is 4. The minimum Gasteiger partial charge on any atom is -0.488 e. The zero-order valence-corrected chi connectivity index (χ0v) is 23.9. The molecule has 3 heterocycles. The first-order valence-electron chi connectivity index (χ1n) is 14.2. The highest BCUT2D eigenvalue weighted by molar-refractivity contribution is 5.91. The van der Waals surface area contributed by atoms with Crippen molar-refractivity contribution in [1.29, 1.82) is 0 Å². The zero-order valence-electron chi connectivity index (χ0n) is 23.9. The third-order valence-electron chi connectivity index (χ3n) is 7.65. The van der Waals surface area contributed by atoms with Gasteiger partial charge >= 0.3 is 0 Å². The number of pyridine rings is 1. The molecule has 0 saturated carbocycles. The zero-order chi connectivity index (χ0) is 28.5. The molecule has 10 heteroatoms. The average Bonchev–Trinajstić information content (AvgIpc) is 3.00. The summed E-state index contributed by atoms with van der Waals surface area (Å²) in [5.41, 5.74) is 2.53. The van der Waals surface area contributed by atoms with Crippen LogP contribution < -0.4 is 10.1 Å². The van der Waals surface area contributed by atoms with E-state index in [9.17, 15) is 14.7 Å². The molecule has 2 aliphatic heterocycles. The van der Waals surface area contributed by atoms with Gasteiger partial charge in [0.05, 0.1) is 32.3 Å². The van der Waals surface area contributed by atoms with E-state index in [1.165, 1.54) is 0 Å². The van der Waals surface area contributed by atoms with Gasteiger partial charge in [0.25, 0.3) is 0 Å². The molecule has 2 aromatic rings. The van der Waals surface area contributed by atoms with Crippen LogP contribution in [0.4, 0.5) is 5.69 Å². The van der Waals surface area contributed by atoms with Crippen molar-refractivity contribution in [3.8, 4) is 5.75 Å². The molecule has 218 valence electrons. The van der Waals surface area contributed by atoms with Gasteiger partial charge in [0.1, 0.15) is 11.9 Å². The lowest BCUT2D eigenvalue weighted by atomic mass is 10.0. The maximum Gasteiger partial charge on any atom is 0.227 e. The second-order valence-corrected chi connectivity index (χ2v) is 11.0. The molecule has 3 atom stereocenters. The Morgan fingerprint density at radius 2 is 1.98 bits per heavy atom. The molecule has 2 N–H and O–H groups in total. The minimum absolute atomic E-state index is 0.0170. The molecule has 1 saturated heterocycles. The van der Waals surface area contributed by atoms with Gasteiger partial charge in [-0.15, -0.1) is 0 Å². The van der Waals surface area contributed by atoms with Gasteiger partial charge < -0.3 is 24.8 Å². The van der Waals surface area contributed by atoms with Crippen LogP contribution in [-0.2, 0) is 27.3 Å². The molecule has 0 unspecified atom stereocenters. The number of amides is 2. The molecule has 2 aliphatic rings. The van der Waals surface area contributed by atoms with Crippen LogP contribution in [0.15, 0.2) is 42.7 Å². The van der Waals surface area contributed by atoms with E-state index in [4.69, 9.17) is 9.47 Å². The molecule has 0 aliphatic carbocycles. The Hall–Kier alpha value is -3.05.